The van der Waals surface area contributed by atoms with Gasteiger partial charge in [-0.1, -0.05) is 13.8 Å². The maximum atomic E-state index is 13.1. The Hall–Kier alpha value is -2.83. The normalized spacial score (nSPS) is 12.5. The highest BCUT2D eigenvalue weighted by Gasteiger charge is 2.26. The number of aryl methyl sites for hydroxylation is 1. The van der Waals surface area contributed by atoms with E-state index in [1.807, 2.05) is 37.9 Å². The van der Waals surface area contributed by atoms with Gasteiger partial charge in [-0.05, 0) is 38.0 Å². The highest BCUT2D eigenvalue weighted by Crippen LogP contribution is 2.23. The summed E-state index contributed by atoms with van der Waals surface area (Å²) in [5.74, 6) is 0.980. The zero-order valence-electron chi connectivity index (χ0n) is 15.9. The Morgan fingerprint density at radius 3 is 2.73 bits per heavy atom. The Labute approximate surface area is 153 Å². The molecule has 0 fully saturated rings. The van der Waals surface area contributed by atoms with Gasteiger partial charge in [0, 0.05) is 24.3 Å². The molecule has 0 aromatic carbocycles. The molecule has 0 aliphatic rings. The van der Waals surface area contributed by atoms with Crippen molar-refractivity contribution in [3.05, 3.63) is 47.8 Å². The van der Waals surface area contributed by atoms with Crippen LogP contribution in [0.3, 0.4) is 0 Å². The Bertz CT molecular complexity index is 876. The largest absolute Gasteiger partial charge is 0.467 e. The van der Waals surface area contributed by atoms with E-state index in [4.69, 9.17) is 4.42 Å². The van der Waals surface area contributed by atoms with E-state index in [0.717, 1.165) is 17.0 Å². The summed E-state index contributed by atoms with van der Waals surface area (Å²) in [4.78, 5) is 15.0. The molecule has 0 saturated carbocycles. The number of aromatic amines is 1. The Kier molecular flexibility index (Phi) is 4.97. The smallest absolute Gasteiger partial charge is 0.272 e. The molecule has 7 heteroatoms. The van der Waals surface area contributed by atoms with Gasteiger partial charge in [-0.25, -0.2) is 0 Å². The summed E-state index contributed by atoms with van der Waals surface area (Å²) in [5.41, 5.74) is 3.09. The summed E-state index contributed by atoms with van der Waals surface area (Å²) in [6.45, 7) is 8.65. The number of aromatic nitrogens is 4. The number of hydrogen-bond acceptors (Lipinski definition) is 4. The second-order valence-electron chi connectivity index (χ2n) is 6.93. The number of carbonyl (C=O) groups is 1. The third-order valence-electron chi connectivity index (χ3n) is 4.94. The Balaban J connectivity index is 1.88. The maximum Gasteiger partial charge on any atom is 0.272 e. The van der Waals surface area contributed by atoms with Crippen LogP contribution in [0.2, 0.25) is 0 Å². The number of nitrogens with one attached hydrogen (secondary N) is 1. The average molecular weight is 355 g/mol. The van der Waals surface area contributed by atoms with Gasteiger partial charge in [-0.15, -0.1) is 0 Å². The van der Waals surface area contributed by atoms with E-state index in [1.54, 1.807) is 23.2 Å². The second kappa shape index (κ2) is 7.19. The summed E-state index contributed by atoms with van der Waals surface area (Å²) in [5, 5.41) is 11.4. The minimum atomic E-state index is -0.0945. The van der Waals surface area contributed by atoms with Gasteiger partial charge in [-0.2, -0.15) is 10.2 Å². The molecule has 3 heterocycles. The van der Waals surface area contributed by atoms with Crippen LogP contribution in [-0.4, -0.2) is 36.8 Å². The second-order valence-corrected chi connectivity index (χ2v) is 6.93. The number of H-pyrrole nitrogens is 1. The van der Waals surface area contributed by atoms with Gasteiger partial charge in [0.2, 0.25) is 0 Å². The fourth-order valence-corrected chi connectivity index (χ4v) is 2.81. The van der Waals surface area contributed by atoms with Gasteiger partial charge in [0.15, 0.2) is 0 Å². The molecule has 1 N–H and O–H groups in total. The zero-order valence-corrected chi connectivity index (χ0v) is 15.9. The highest BCUT2D eigenvalue weighted by atomic mass is 16.3. The molecular weight excluding hydrogens is 330 g/mol. The molecule has 1 amide bonds. The van der Waals surface area contributed by atoms with Crippen LogP contribution in [0.1, 0.15) is 42.7 Å². The number of nitrogens with zero attached hydrogens (tertiary/aromatic N) is 4. The van der Waals surface area contributed by atoms with Gasteiger partial charge in [-0.3, -0.25) is 14.6 Å². The van der Waals surface area contributed by atoms with E-state index in [9.17, 15) is 4.79 Å². The van der Waals surface area contributed by atoms with E-state index < -0.39 is 0 Å². The van der Waals surface area contributed by atoms with Crippen molar-refractivity contribution in [2.45, 2.75) is 40.3 Å². The van der Waals surface area contributed by atoms with Crippen LogP contribution in [0.5, 0.6) is 0 Å². The molecule has 0 unspecified atom stereocenters. The maximum absolute atomic E-state index is 13.1. The Morgan fingerprint density at radius 2 is 2.15 bits per heavy atom. The predicted octanol–water partition coefficient (Wildman–Crippen LogP) is 3.40. The van der Waals surface area contributed by atoms with Gasteiger partial charge in [0.1, 0.15) is 11.5 Å². The lowest BCUT2D eigenvalue weighted by Crippen LogP contribution is -2.41. The number of carbonyl (C=O) groups excluding carboxylic acids is 1. The summed E-state index contributed by atoms with van der Waals surface area (Å²) in [6.07, 6.45) is 3.38. The molecule has 0 spiro atoms. The number of furan rings is 1. The molecule has 0 saturated heterocycles. The van der Waals surface area contributed by atoms with E-state index in [1.165, 1.54) is 0 Å². The SMILES string of the molecule is Cc1c(-c2cc(C(=O)N(Cc3ccco3)[C@@H](C)C(C)C)[nH]n2)cnn1C. The minimum Gasteiger partial charge on any atom is -0.467 e. The fourth-order valence-electron chi connectivity index (χ4n) is 2.81. The number of rotatable bonds is 6. The first kappa shape index (κ1) is 18.0. The van der Waals surface area contributed by atoms with Crippen molar-refractivity contribution >= 4 is 5.91 Å². The molecule has 0 aliphatic carbocycles. The fraction of sp³-hybridized carbons (Fsp3) is 0.421. The van der Waals surface area contributed by atoms with Crippen molar-refractivity contribution in [3.63, 3.8) is 0 Å². The monoisotopic (exact) mass is 355 g/mol. The van der Waals surface area contributed by atoms with Crippen LogP contribution >= 0.6 is 0 Å². The van der Waals surface area contributed by atoms with E-state index in [2.05, 4.69) is 29.1 Å². The first-order valence-corrected chi connectivity index (χ1v) is 8.76. The molecule has 1 atom stereocenters. The third-order valence-corrected chi connectivity index (χ3v) is 4.94. The van der Waals surface area contributed by atoms with Gasteiger partial charge in [0.25, 0.3) is 5.91 Å². The van der Waals surface area contributed by atoms with Crippen molar-refractivity contribution in [3.8, 4) is 11.3 Å². The highest BCUT2D eigenvalue weighted by molar-refractivity contribution is 5.93. The van der Waals surface area contributed by atoms with E-state index >= 15 is 0 Å². The van der Waals surface area contributed by atoms with Crippen molar-refractivity contribution in [2.24, 2.45) is 13.0 Å². The van der Waals surface area contributed by atoms with E-state index in [0.29, 0.717) is 23.9 Å². The predicted molar refractivity (Wildman–Crippen MR) is 98.4 cm³/mol. The third kappa shape index (κ3) is 3.42. The quantitative estimate of drug-likeness (QED) is 0.735. The van der Waals surface area contributed by atoms with Crippen LogP contribution in [0.4, 0.5) is 0 Å². The molecule has 3 aromatic heterocycles. The van der Waals surface area contributed by atoms with Crippen LogP contribution in [0, 0.1) is 12.8 Å². The zero-order chi connectivity index (χ0) is 18.8. The molecule has 0 aliphatic heterocycles. The van der Waals surface area contributed by atoms with Crippen LogP contribution in [-0.2, 0) is 13.6 Å². The van der Waals surface area contributed by atoms with Gasteiger partial charge < -0.3 is 9.32 Å². The summed E-state index contributed by atoms with van der Waals surface area (Å²) >= 11 is 0. The lowest BCUT2D eigenvalue weighted by atomic mass is 10.0. The standard InChI is InChI=1S/C19H25N5O2/c1-12(2)13(3)24(11-15-7-6-8-26-15)19(25)18-9-17(21-22-18)16-10-20-23(5)14(16)4/h6-10,12-13H,11H2,1-5H3,(H,21,22)/t13-/m0/s1. The van der Waals surface area contributed by atoms with Gasteiger partial charge >= 0.3 is 0 Å². The van der Waals surface area contributed by atoms with Gasteiger partial charge in [0.05, 0.1) is 24.7 Å². The van der Waals surface area contributed by atoms with Crippen molar-refractivity contribution < 1.29 is 9.21 Å². The topological polar surface area (TPSA) is 80.0 Å². The number of hydrogen-bond donors (Lipinski definition) is 1. The van der Waals surface area contributed by atoms with Crippen LogP contribution in [0.25, 0.3) is 11.3 Å². The molecule has 7 nitrogen and oxygen atoms in total. The summed E-state index contributed by atoms with van der Waals surface area (Å²) in [7, 11) is 1.88. The lowest BCUT2D eigenvalue weighted by molar-refractivity contribution is 0.0605. The van der Waals surface area contributed by atoms with Crippen molar-refractivity contribution in [2.75, 3.05) is 0 Å². The summed E-state index contributed by atoms with van der Waals surface area (Å²) < 4.78 is 7.23. The molecule has 138 valence electrons. The Morgan fingerprint density at radius 1 is 1.38 bits per heavy atom. The average Bonchev–Trinajstić information content (AvgIpc) is 3.34. The van der Waals surface area contributed by atoms with E-state index in [-0.39, 0.29) is 11.9 Å². The molecule has 3 rings (SSSR count). The van der Waals surface area contributed by atoms with Crippen LogP contribution < -0.4 is 0 Å². The first-order valence-electron chi connectivity index (χ1n) is 8.76. The molecular formula is C19H25N5O2. The molecule has 26 heavy (non-hydrogen) atoms. The minimum absolute atomic E-state index is 0.0551. The van der Waals surface area contributed by atoms with Crippen LogP contribution in [0.15, 0.2) is 35.1 Å². The van der Waals surface area contributed by atoms with Crippen molar-refractivity contribution in [1.82, 2.24) is 24.9 Å². The number of amides is 1. The first-order chi connectivity index (χ1) is 12.4. The lowest BCUT2D eigenvalue weighted by Gasteiger charge is -2.30. The van der Waals surface area contributed by atoms with Crippen molar-refractivity contribution in [1.29, 1.82) is 0 Å². The summed E-state index contributed by atoms with van der Waals surface area (Å²) in [6, 6.07) is 5.55. The molecule has 0 bridgehead atoms. The molecule has 3 aromatic rings. The molecule has 0 radical (unpaired) electrons.